The summed E-state index contributed by atoms with van der Waals surface area (Å²) in [5.41, 5.74) is -3.18. The average Bonchev–Trinajstić information content (AvgIpc) is 3.54. The summed E-state index contributed by atoms with van der Waals surface area (Å²) in [6.45, 7) is 1.67. The number of halogens is 6. The van der Waals surface area contributed by atoms with Crippen LogP contribution >= 0.6 is 0 Å². The van der Waals surface area contributed by atoms with Crippen LogP contribution in [0.15, 0.2) is 54.6 Å². The number of ether oxygens (including phenoxy) is 2. The molecule has 1 spiro atoms. The van der Waals surface area contributed by atoms with E-state index in [0.29, 0.717) is 14.9 Å². The Morgan fingerprint density at radius 3 is 1.69 bits per heavy atom. The molecule has 3 aromatic carbocycles. The summed E-state index contributed by atoms with van der Waals surface area (Å²) in [7, 11) is 0. The van der Waals surface area contributed by atoms with Gasteiger partial charge in [0.1, 0.15) is 11.5 Å². The maximum absolute atomic E-state index is 13.5. The summed E-state index contributed by atoms with van der Waals surface area (Å²) in [4.78, 5) is 81.0. The van der Waals surface area contributed by atoms with Crippen LogP contribution in [0.5, 0.6) is 11.5 Å². The van der Waals surface area contributed by atoms with Crippen molar-refractivity contribution >= 4 is 46.9 Å². The van der Waals surface area contributed by atoms with Crippen LogP contribution in [0.3, 0.4) is 0 Å². The van der Waals surface area contributed by atoms with Crippen LogP contribution in [0.25, 0.3) is 0 Å². The van der Waals surface area contributed by atoms with Gasteiger partial charge in [0.15, 0.2) is 5.60 Å². The number of rotatable bonds is 6. The third-order valence-electron chi connectivity index (χ3n) is 8.42. The van der Waals surface area contributed by atoms with Gasteiger partial charge in [-0.25, -0.2) is 9.59 Å². The second-order valence-electron chi connectivity index (χ2n) is 11.3. The van der Waals surface area contributed by atoms with Crippen molar-refractivity contribution < 1.29 is 69.4 Å². The average molecular weight is 720 g/mol. The van der Waals surface area contributed by atoms with Gasteiger partial charge in [-0.3, -0.25) is 19.2 Å². The molecule has 1 fully saturated rings. The molecular weight excluding hydrogens is 696 g/mol. The lowest BCUT2D eigenvalue weighted by molar-refractivity contribution is -0.172. The van der Waals surface area contributed by atoms with Gasteiger partial charge in [-0.05, 0) is 56.3 Å². The van der Waals surface area contributed by atoms with E-state index < -0.39 is 66.6 Å². The van der Waals surface area contributed by atoms with E-state index in [1.165, 1.54) is 32.0 Å². The molecule has 0 bridgehead atoms. The maximum atomic E-state index is 13.5. The zero-order chi connectivity index (χ0) is 37.2. The van der Waals surface area contributed by atoms with E-state index in [4.69, 9.17) is 14.3 Å². The number of anilines is 2. The Hall–Kier alpha value is -5.94. The standard InChI is InChI=1S/C33H23F6N3O9/c1-3-40(29(47)32(34,35)36)17-6-9-20-23(14-17)49-24-15-18(41(4-2)30(48)33(37,38)39)7-10-21(24)31(20)22-13-16(5-8-19(22)28(46)50-31)27(45)51-42-25(43)11-12-26(42)44/h5-10,13-15H,3-4,11-12H2,1-2H3. The second kappa shape index (κ2) is 12.1. The highest BCUT2D eigenvalue weighted by Crippen LogP contribution is 2.57. The van der Waals surface area contributed by atoms with E-state index in [0.717, 1.165) is 36.4 Å². The van der Waals surface area contributed by atoms with Gasteiger partial charge < -0.3 is 24.1 Å². The highest BCUT2D eigenvalue weighted by Gasteiger charge is 2.55. The summed E-state index contributed by atoms with van der Waals surface area (Å²) in [6.07, 6.45) is -10.9. The molecule has 0 unspecified atom stereocenters. The van der Waals surface area contributed by atoms with E-state index in [1.54, 1.807) is 0 Å². The molecule has 4 amide bonds. The largest absolute Gasteiger partial charge is 0.471 e. The number of hydroxylamine groups is 2. The maximum Gasteiger partial charge on any atom is 0.471 e. The first-order valence-corrected chi connectivity index (χ1v) is 15.1. The highest BCUT2D eigenvalue weighted by atomic mass is 19.4. The first kappa shape index (κ1) is 34.9. The number of imide groups is 1. The van der Waals surface area contributed by atoms with Crippen molar-refractivity contribution in [3.05, 3.63) is 82.4 Å². The second-order valence-corrected chi connectivity index (χ2v) is 11.3. The number of nitrogens with zero attached hydrogens (tertiary/aromatic N) is 3. The Bertz CT molecular complexity index is 1950. The van der Waals surface area contributed by atoms with Gasteiger partial charge in [0, 0.05) is 66.1 Å². The number of esters is 1. The first-order valence-electron chi connectivity index (χ1n) is 15.1. The van der Waals surface area contributed by atoms with E-state index in [9.17, 15) is 55.1 Å². The molecule has 3 aliphatic heterocycles. The third-order valence-corrected chi connectivity index (χ3v) is 8.42. The molecule has 0 aromatic heterocycles. The quantitative estimate of drug-likeness (QED) is 0.189. The van der Waals surface area contributed by atoms with Crippen molar-refractivity contribution in [3.8, 4) is 11.5 Å². The minimum atomic E-state index is -5.26. The Morgan fingerprint density at radius 1 is 0.745 bits per heavy atom. The molecule has 0 atom stereocenters. The van der Waals surface area contributed by atoms with E-state index >= 15 is 0 Å². The minimum absolute atomic E-state index is 0.0248. The van der Waals surface area contributed by atoms with Crippen LogP contribution in [-0.4, -0.2) is 66.1 Å². The van der Waals surface area contributed by atoms with Gasteiger partial charge in [-0.15, -0.1) is 5.06 Å². The third kappa shape index (κ3) is 5.69. The summed E-state index contributed by atoms with van der Waals surface area (Å²) in [6, 6.07) is 10.3. The monoisotopic (exact) mass is 719 g/mol. The molecule has 0 aliphatic carbocycles. The van der Waals surface area contributed by atoms with Crippen molar-refractivity contribution in [1.82, 2.24) is 5.06 Å². The van der Waals surface area contributed by atoms with Crippen molar-refractivity contribution in [2.24, 2.45) is 0 Å². The number of hydrogen-bond donors (Lipinski definition) is 0. The van der Waals surface area contributed by atoms with E-state index in [-0.39, 0.29) is 63.5 Å². The molecule has 1 saturated heterocycles. The summed E-state index contributed by atoms with van der Waals surface area (Å²) >= 11 is 0. The van der Waals surface area contributed by atoms with Gasteiger partial charge >= 0.3 is 36.1 Å². The van der Waals surface area contributed by atoms with Crippen LogP contribution in [0.1, 0.15) is 64.1 Å². The Morgan fingerprint density at radius 2 is 1.24 bits per heavy atom. The molecule has 0 radical (unpaired) electrons. The topological polar surface area (TPSA) is 140 Å². The molecule has 0 saturated carbocycles. The molecule has 0 N–H and O–H groups in total. The number of fused-ring (bicyclic) bond motifs is 6. The first-order chi connectivity index (χ1) is 23.9. The van der Waals surface area contributed by atoms with Crippen molar-refractivity contribution in [3.63, 3.8) is 0 Å². The fourth-order valence-electron chi connectivity index (χ4n) is 6.15. The lowest BCUT2D eigenvalue weighted by atomic mass is 9.77. The fourth-order valence-corrected chi connectivity index (χ4v) is 6.15. The van der Waals surface area contributed by atoms with Crippen LogP contribution in [0.4, 0.5) is 37.7 Å². The molecule has 6 rings (SSSR count). The minimum Gasteiger partial charge on any atom is -0.456 e. The van der Waals surface area contributed by atoms with Crippen LogP contribution < -0.4 is 14.5 Å². The zero-order valence-electron chi connectivity index (χ0n) is 26.3. The summed E-state index contributed by atoms with van der Waals surface area (Å²) < 4.78 is 92.7. The Labute approximate surface area is 283 Å². The number of carbonyl (C=O) groups is 6. The molecule has 18 heteroatoms. The number of alkyl halides is 6. The van der Waals surface area contributed by atoms with Crippen molar-refractivity contribution in [2.75, 3.05) is 22.9 Å². The van der Waals surface area contributed by atoms with Gasteiger partial charge in [-0.2, -0.15) is 26.3 Å². The van der Waals surface area contributed by atoms with E-state index in [1.807, 2.05) is 0 Å². The predicted molar refractivity (Wildman–Crippen MR) is 159 cm³/mol. The SMILES string of the molecule is CCN(C(=O)C(F)(F)F)c1ccc2c(c1)Oc1cc(N(CC)C(=O)C(F)(F)F)ccc1C21OC(=O)c2ccc(C(=O)ON3C(=O)CCC3=O)cc21. The smallest absolute Gasteiger partial charge is 0.456 e. The predicted octanol–water partition coefficient (Wildman–Crippen LogP) is 5.31. The molecule has 3 heterocycles. The number of benzene rings is 3. The summed E-state index contributed by atoms with van der Waals surface area (Å²) in [5.74, 6) is -8.67. The van der Waals surface area contributed by atoms with E-state index in [2.05, 4.69) is 0 Å². The van der Waals surface area contributed by atoms with Gasteiger partial charge in [0.2, 0.25) is 0 Å². The van der Waals surface area contributed by atoms with Gasteiger partial charge in [0.05, 0.1) is 11.1 Å². The molecule has 3 aromatic rings. The van der Waals surface area contributed by atoms with Gasteiger partial charge in [0.25, 0.3) is 11.8 Å². The Balaban J connectivity index is 1.54. The highest BCUT2D eigenvalue weighted by molar-refractivity contribution is 6.04. The van der Waals surface area contributed by atoms with Crippen molar-refractivity contribution in [2.45, 2.75) is 44.6 Å². The molecule has 3 aliphatic rings. The Kier molecular flexibility index (Phi) is 8.30. The fraction of sp³-hybridized carbons (Fsp3) is 0.273. The number of carbonyl (C=O) groups excluding carboxylic acids is 6. The number of amides is 4. The number of hydrogen-bond acceptors (Lipinski definition) is 9. The zero-order valence-corrected chi connectivity index (χ0v) is 26.3. The summed E-state index contributed by atoms with van der Waals surface area (Å²) in [5, 5.41) is 0.304. The van der Waals surface area contributed by atoms with Crippen molar-refractivity contribution in [1.29, 1.82) is 0 Å². The normalized spacial score (nSPS) is 15.8. The molecule has 12 nitrogen and oxygen atoms in total. The molecular formula is C33H23F6N3O9. The van der Waals surface area contributed by atoms with Crippen LogP contribution in [-0.2, 0) is 34.4 Å². The van der Waals surface area contributed by atoms with Crippen LogP contribution in [0, 0.1) is 0 Å². The van der Waals surface area contributed by atoms with Gasteiger partial charge in [-0.1, -0.05) is 0 Å². The van der Waals surface area contributed by atoms with Crippen LogP contribution in [0.2, 0.25) is 0 Å². The lowest BCUT2D eigenvalue weighted by Gasteiger charge is -2.37. The lowest BCUT2D eigenvalue weighted by Crippen LogP contribution is -2.41. The molecule has 266 valence electrons. The molecule has 51 heavy (non-hydrogen) atoms.